The van der Waals surface area contributed by atoms with E-state index >= 15 is 0 Å². The SMILES string of the molecule is Cc1cc(=O)n(CC(=O)N2CC[C@H](c3ccccc3F)S(=O)(=O)CC2)cn1. The van der Waals surface area contributed by atoms with Crippen molar-refractivity contribution in [3.8, 4) is 0 Å². The van der Waals surface area contributed by atoms with E-state index in [1.54, 1.807) is 13.0 Å². The third-order valence-electron chi connectivity index (χ3n) is 4.67. The fraction of sp³-hybridized carbons (Fsp3) is 0.389. The smallest absolute Gasteiger partial charge is 0.253 e. The average Bonchev–Trinajstić information content (AvgIpc) is 2.76. The molecular weight excluding hydrogens is 373 g/mol. The summed E-state index contributed by atoms with van der Waals surface area (Å²) < 4.78 is 40.5. The maximum absolute atomic E-state index is 14.1. The van der Waals surface area contributed by atoms with E-state index in [9.17, 15) is 22.4 Å². The van der Waals surface area contributed by atoms with E-state index in [2.05, 4.69) is 4.98 Å². The molecular formula is C18H20FN3O4S. The lowest BCUT2D eigenvalue weighted by Gasteiger charge is -2.20. The number of amides is 1. The van der Waals surface area contributed by atoms with Crippen LogP contribution in [0.25, 0.3) is 0 Å². The zero-order chi connectivity index (χ0) is 19.6. The number of hydrogen-bond donors (Lipinski definition) is 0. The summed E-state index contributed by atoms with van der Waals surface area (Å²) >= 11 is 0. The van der Waals surface area contributed by atoms with Gasteiger partial charge in [0.25, 0.3) is 5.56 Å². The van der Waals surface area contributed by atoms with E-state index in [0.717, 1.165) is 0 Å². The highest BCUT2D eigenvalue weighted by Gasteiger charge is 2.34. The van der Waals surface area contributed by atoms with Gasteiger partial charge in [0.05, 0.1) is 17.3 Å². The van der Waals surface area contributed by atoms with Crippen LogP contribution < -0.4 is 5.56 Å². The number of halogens is 1. The summed E-state index contributed by atoms with van der Waals surface area (Å²) in [6, 6.07) is 7.13. The van der Waals surface area contributed by atoms with E-state index in [0.29, 0.717) is 5.69 Å². The maximum Gasteiger partial charge on any atom is 0.253 e. The van der Waals surface area contributed by atoms with Crippen LogP contribution in [0.4, 0.5) is 4.39 Å². The molecule has 9 heteroatoms. The Morgan fingerprint density at radius 3 is 2.74 bits per heavy atom. The lowest BCUT2D eigenvalue weighted by atomic mass is 10.1. The lowest BCUT2D eigenvalue weighted by Crippen LogP contribution is -2.38. The van der Waals surface area contributed by atoms with Crippen molar-refractivity contribution in [3.05, 3.63) is 64.1 Å². The van der Waals surface area contributed by atoms with Gasteiger partial charge in [0.1, 0.15) is 12.4 Å². The Balaban J connectivity index is 1.78. The lowest BCUT2D eigenvalue weighted by molar-refractivity contribution is -0.131. The van der Waals surface area contributed by atoms with Gasteiger partial charge in [0.15, 0.2) is 9.84 Å². The Kier molecular flexibility index (Phi) is 5.41. The van der Waals surface area contributed by atoms with Gasteiger partial charge in [0.2, 0.25) is 5.91 Å². The molecule has 7 nitrogen and oxygen atoms in total. The Morgan fingerprint density at radius 1 is 1.30 bits per heavy atom. The second kappa shape index (κ2) is 7.59. The summed E-state index contributed by atoms with van der Waals surface area (Å²) in [4.78, 5) is 29.9. The zero-order valence-corrected chi connectivity index (χ0v) is 15.7. The second-order valence-electron chi connectivity index (χ2n) is 6.54. The normalized spacial score (nSPS) is 19.5. The number of rotatable bonds is 3. The van der Waals surface area contributed by atoms with Crippen molar-refractivity contribution in [2.24, 2.45) is 0 Å². The van der Waals surface area contributed by atoms with E-state index in [-0.39, 0.29) is 48.8 Å². The Labute approximate surface area is 156 Å². The number of aryl methyl sites for hydroxylation is 1. The van der Waals surface area contributed by atoms with Gasteiger partial charge in [-0.3, -0.25) is 14.2 Å². The van der Waals surface area contributed by atoms with E-state index in [1.807, 2.05) is 0 Å². The summed E-state index contributed by atoms with van der Waals surface area (Å²) in [5, 5.41) is -0.986. The quantitative estimate of drug-likeness (QED) is 0.779. The number of aromatic nitrogens is 2. The van der Waals surface area contributed by atoms with Gasteiger partial charge in [-0.1, -0.05) is 18.2 Å². The molecule has 3 rings (SSSR count). The third-order valence-corrected chi connectivity index (χ3v) is 6.78. The zero-order valence-electron chi connectivity index (χ0n) is 14.8. The molecule has 0 spiro atoms. The van der Waals surface area contributed by atoms with Crippen LogP contribution in [-0.2, 0) is 21.2 Å². The number of benzene rings is 1. The molecule has 1 saturated heterocycles. The van der Waals surface area contributed by atoms with Gasteiger partial charge in [-0.25, -0.2) is 17.8 Å². The molecule has 1 aromatic carbocycles. The largest absolute Gasteiger partial charge is 0.340 e. The minimum atomic E-state index is -3.60. The molecule has 1 aromatic heterocycles. The molecule has 1 atom stereocenters. The molecule has 0 N–H and O–H groups in total. The van der Waals surface area contributed by atoms with Crippen LogP contribution in [-0.4, -0.2) is 47.6 Å². The number of sulfone groups is 1. The molecule has 1 aliphatic rings. The van der Waals surface area contributed by atoms with Crippen LogP contribution in [0.2, 0.25) is 0 Å². The predicted octanol–water partition coefficient (Wildman–Crippen LogP) is 1.08. The van der Waals surface area contributed by atoms with Gasteiger partial charge in [-0.05, 0) is 19.4 Å². The van der Waals surface area contributed by atoms with Gasteiger partial charge >= 0.3 is 0 Å². The molecule has 0 unspecified atom stereocenters. The summed E-state index contributed by atoms with van der Waals surface area (Å²) in [6.45, 7) is 1.65. The first kappa shape index (κ1) is 19.2. The van der Waals surface area contributed by atoms with Crippen LogP contribution in [0, 0.1) is 12.7 Å². The fourth-order valence-electron chi connectivity index (χ4n) is 3.16. The molecule has 0 aliphatic carbocycles. The van der Waals surface area contributed by atoms with E-state index < -0.39 is 20.9 Å². The highest BCUT2D eigenvalue weighted by molar-refractivity contribution is 7.91. The van der Waals surface area contributed by atoms with Gasteiger partial charge in [-0.15, -0.1) is 0 Å². The Hall–Kier alpha value is -2.55. The Morgan fingerprint density at radius 2 is 2.04 bits per heavy atom. The van der Waals surface area contributed by atoms with Crippen molar-refractivity contribution in [1.82, 2.24) is 14.5 Å². The standard InChI is InChI=1S/C18H20FN3O4S/c1-13-10-17(23)22(12-20-13)11-18(24)21-7-6-16(27(25,26)9-8-21)14-4-2-3-5-15(14)19/h2-5,10,12,16H,6-9,11H2,1H3/t16-/m1/s1. The van der Waals surface area contributed by atoms with Gasteiger partial charge in [0, 0.05) is 30.4 Å². The van der Waals surface area contributed by atoms with Crippen molar-refractivity contribution < 1.29 is 17.6 Å². The molecule has 2 aromatic rings. The molecule has 144 valence electrons. The number of carbonyl (C=O) groups excluding carboxylic acids is 1. The predicted molar refractivity (Wildman–Crippen MR) is 97.4 cm³/mol. The summed E-state index contributed by atoms with van der Waals surface area (Å²) in [6.07, 6.45) is 1.41. The molecule has 1 aliphatic heterocycles. The third kappa shape index (κ3) is 4.24. The summed E-state index contributed by atoms with van der Waals surface area (Å²) in [5.41, 5.74) is 0.338. The van der Waals surface area contributed by atoms with Crippen molar-refractivity contribution in [3.63, 3.8) is 0 Å². The van der Waals surface area contributed by atoms with Crippen LogP contribution in [0.15, 0.2) is 41.5 Å². The minimum Gasteiger partial charge on any atom is -0.340 e. The molecule has 0 radical (unpaired) electrons. The first-order valence-electron chi connectivity index (χ1n) is 8.55. The van der Waals surface area contributed by atoms with Gasteiger partial charge < -0.3 is 4.90 Å². The molecule has 0 saturated carbocycles. The first-order valence-corrected chi connectivity index (χ1v) is 10.3. The summed E-state index contributed by atoms with van der Waals surface area (Å²) in [5.74, 6) is -1.19. The van der Waals surface area contributed by atoms with Crippen LogP contribution in [0.5, 0.6) is 0 Å². The van der Waals surface area contributed by atoms with Crippen LogP contribution >= 0.6 is 0 Å². The first-order chi connectivity index (χ1) is 12.8. The highest BCUT2D eigenvalue weighted by Crippen LogP contribution is 2.31. The van der Waals surface area contributed by atoms with Crippen molar-refractivity contribution in [2.45, 2.75) is 25.1 Å². The monoisotopic (exact) mass is 393 g/mol. The minimum absolute atomic E-state index is 0.0140. The van der Waals surface area contributed by atoms with Gasteiger partial charge in [-0.2, -0.15) is 0 Å². The number of nitrogens with zero attached hydrogens (tertiary/aromatic N) is 3. The number of hydrogen-bond acceptors (Lipinski definition) is 5. The number of carbonyl (C=O) groups is 1. The molecule has 1 amide bonds. The highest BCUT2D eigenvalue weighted by atomic mass is 32.2. The van der Waals surface area contributed by atoms with Crippen LogP contribution in [0.3, 0.4) is 0 Å². The second-order valence-corrected chi connectivity index (χ2v) is 8.85. The fourth-order valence-corrected chi connectivity index (χ4v) is 4.96. The molecule has 2 heterocycles. The maximum atomic E-state index is 14.1. The molecule has 1 fully saturated rings. The average molecular weight is 393 g/mol. The van der Waals surface area contributed by atoms with E-state index in [4.69, 9.17) is 0 Å². The van der Waals surface area contributed by atoms with Crippen LogP contribution in [0.1, 0.15) is 22.9 Å². The molecule has 27 heavy (non-hydrogen) atoms. The van der Waals surface area contributed by atoms with Crippen molar-refractivity contribution in [2.75, 3.05) is 18.8 Å². The molecule has 0 bridgehead atoms. The Bertz CT molecular complexity index is 1020. The summed E-state index contributed by atoms with van der Waals surface area (Å²) in [7, 11) is -3.60. The van der Waals surface area contributed by atoms with E-state index in [1.165, 1.54) is 40.1 Å². The van der Waals surface area contributed by atoms with Crippen molar-refractivity contribution in [1.29, 1.82) is 0 Å². The van der Waals surface area contributed by atoms with Crippen molar-refractivity contribution >= 4 is 15.7 Å². The topological polar surface area (TPSA) is 89.3 Å².